The number of amides is 2. The van der Waals surface area contributed by atoms with Crippen LogP contribution >= 0.6 is 0 Å². The number of nitrogens with zero attached hydrogens (tertiary/aromatic N) is 1. The van der Waals surface area contributed by atoms with Crippen LogP contribution in [0.5, 0.6) is 0 Å². The Labute approximate surface area is 133 Å². The second-order valence-corrected chi connectivity index (χ2v) is 5.39. The molecule has 0 radical (unpaired) electrons. The molecule has 1 N–H and O–H groups in total. The van der Waals surface area contributed by atoms with Crippen molar-refractivity contribution in [3.63, 3.8) is 0 Å². The minimum Gasteiger partial charge on any atom is -0.354 e. The molecule has 0 fully saturated rings. The highest BCUT2D eigenvalue weighted by Crippen LogP contribution is 2.10. The van der Waals surface area contributed by atoms with E-state index < -0.39 is 0 Å². The lowest BCUT2D eigenvalue weighted by molar-refractivity contribution is -0.140. The Kier molecular flexibility index (Phi) is 8.26. The van der Waals surface area contributed by atoms with Gasteiger partial charge in [0.2, 0.25) is 11.8 Å². The topological polar surface area (TPSA) is 49.4 Å². The fourth-order valence-corrected chi connectivity index (χ4v) is 2.47. The van der Waals surface area contributed by atoms with Gasteiger partial charge in [0, 0.05) is 19.5 Å². The molecule has 0 spiro atoms. The van der Waals surface area contributed by atoms with E-state index in [0.717, 1.165) is 12.8 Å². The molecule has 1 rings (SSSR count). The smallest absolute Gasteiger partial charge is 0.242 e. The Hall–Kier alpha value is -1.84. The Bertz CT molecular complexity index is 459. The fourth-order valence-electron chi connectivity index (χ4n) is 2.47. The van der Waals surface area contributed by atoms with Crippen LogP contribution in [0.3, 0.4) is 0 Å². The highest BCUT2D eigenvalue weighted by atomic mass is 16.2. The zero-order chi connectivity index (χ0) is 16.4. The third-order valence-corrected chi connectivity index (χ3v) is 3.72. The maximum absolute atomic E-state index is 12.3. The first-order chi connectivity index (χ1) is 10.6. The van der Waals surface area contributed by atoms with Crippen LogP contribution in [-0.4, -0.2) is 35.8 Å². The largest absolute Gasteiger partial charge is 0.354 e. The Morgan fingerprint density at radius 1 is 1.14 bits per heavy atom. The highest BCUT2D eigenvalue weighted by Gasteiger charge is 2.26. The zero-order valence-corrected chi connectivity index (χ0v) is 14.0. The first kappa shape index (κ1) is 18.2. The summed E-state index contributed by atoms with van der Waals surface area (Å²) in [7, 11) is 0. The molecule has 0 aromatic heterocycles. The van der Waals surface area contributed by atoms with Gasteiger partial charge in [-0.15, -0.1) is 0 Å². The van der Waals surface area contributed by atoms with Crippen molar-refractivity contribution in [2.75, 3.05) is 13.1 Å². The molecule has 0 bridgehead atoms. The third kappa shape index (κ3) is 5.51. The predicted molar refractivity (Wildman–Crippen MR) is 89.5 cm³/mol. The van der Waals surface area contributed by atoms with Gasteiger partial charge in [-0.05, 0) is 24.8 Å². The van der Waals surface area contributed by atoms with Crippen LogP contribution in [0.2, 0.25) is 0 Å². The summed E-state index contributed by atoms with van der Waals surface area (Å²) in [4.78, 5) is 26.3. The average Bonchev–Trinajstić information content (AvgIpc) is 2.56. The molecular weight excluding hydrogens is 276 g/mol. The van der Waals surface area contributed by atoms with Crippen LogP contribution in [-0.2, 0) is 16.0 Å². The van der Waals surface area contributed by atoms with Crippen molar-refractivity contribution in [2.24, 2.45) is 0 Å². The van der Waals surface area contributed by atoms with Crippen molar-refractivity contribution in [1.82, 2.24) is 10.2 Å². The molecule has 1 aromatic rings. The number of carbonyl (C=O) groups is 2. The molecule has 1 atom stereocenters. The van der Waals surface area contributed by atoms with Gasteiger partial charge in [-0.1, -0.05) is 51.1 Å². The second-order valence-electron chi connectivity index (χ2n) is 5.39. The van der Waals surface area contributed by atoms with Gasteiger partial charge in [0.25, 0.3) is 0 Å². The lowest BCUT2D eigenvalue weighted by Crippen LogP contribution is -2.50. The molecule has 22 heavy (non-hydrogen) atoms. The summed E-state index contributed by atoms with van der Waals surface area (Å²) in [5.41, 5.74) is 1.18. The molecule has 0 aliphatic carbocycles. The molecule has 4 heteroatoms. The fraction of sp³-hybridized carbons (Fsp3) is 0.556. The molecule has 0 saturated carbocycles. The van der Waals surface area contributed by atoms with Crippen molar-refractivity contribution in [1.29, 1.82) is 0 Å². The van der Waals surface area contributed by atoms with E-state index in [1.165, 1.54) is 5.56 Å². The lowest BCUT2D eigenvalue weighted by Gasteiger charge is -2.30. The quantitative estimate of drug-likeness (QED) is 0.762. The first-order valence-corrected chi connectivity index (χ1v) is 8.25. The maximum Gasteiger partial charge on any atom is 0.242 e. The number of benzene rings is 1. The number of nitrogens with one attached hydrogen (secondary N) is 1. The summed E-state index contributed by atoms with van der Waals surface area (Å²) in [6, 6.07) is 9.69. The van der Waals surface area contributed by atoms with E-state index in [0.29, 0.717) is 25.9 Å². The second kappa shape index (κ2) is 9.98. The van der Waals surface area contributed by atoms with Gasteiger partial charge in [0.15, 0.2) is 0 Å². The molecule has 1 aromatic carbocycles. The van der Waals surface area contributed by atoms with E-state index in [1.807, 2.05) is 51.1 Å². The molecule has 122 valence electrons. The molecular formula is C18H28N2O2. The van der Waals surface area contributed by atoms with Gasteiger partial charge in [-0.25, -0.2) is 0 Å². The Morgan fingerprint density at radius 3 is 2.36 bits per heavy atom. The summed E-state index contributed by atoms with van der Waals surface area (Å²) in [5, 5.41) is 2.91. The Balaban J connectivity index is 2.76. The minimum absolute atomic E-state index is 0.0365. The molecule has 0 saturated heterocycles. The summed E-state index contributed by atoms with van der Waals surface area (Å²) < 4.78 is 0. The Morgan fingerprint density at radius 2 is 1.82 bits per heavy atom. The van der Waals surface area contributed by atoms with Crippen LogP contribution in [0.4, 0.5) is 0 Å². The average molecular weight is 304 g/mol. The number of hydrogen-bond donors (Lipinski definition) is 1. The van der Waals surface area contributed by atoms with Crippen molar-refractivity contribution in [3.05, 3.63) is 35.9 Å². The molecule has 0 heterocycles. The van der Waals surface area contributed by atoms with Crippen LogP contribution in [0.1, 0.15) is 45.6 Å². The van der Waals surface area contributed by atoms with Gasteiger partial charge < -0.3 is 10.2 Å². The summed E-state index contributed by atoms with van der Waals surface area (Å²) in [5.74, 6) is -0.00589. The van der Waals surface area contributed by atoms with E-state index >= 15 is 0 Å². The van der Waals surface area contributed by atoms with Crippen molar-refractivity contribution < 1.29 is 9.59 Å². The minimum atomic E-state index is -0.372. The number of carbonyl (C=O) groups excluding carboxylic acids is 2. The first-order valence-electron chi connectivity index (χ1n) is 8.25. The number of hydrogen-bond acceptors (Lipinski definition) is 2. The van der Waals surface area contributed by atoms with Gasteiger partial charge in [0.1, 0.15) is 6.04 Å². The molecule has 0 aliphatic heterocycles. The van der Waals surface area contributed by atoms with Crippen molar-refractivity contribution in [2.45, 2.75) is 52.5 Å². The zero-order valence-electron chi connectivity index (χ0n) is 14.0. The van der Waals surface area contributed by atoms with E-state index in [2.05, 4.69) is 5.32 Å². The molecule has 0 aliphatic rings. The van der Waals surface area contributed by atoms with E-state index in [1.54, 1.807) is 4.90 Å². The van der Waals surface area contributed by atoms with Gasteiger partial charge in [-0.2, -0.15) is 0 Å². The molecule has 4 nitrogen and oxygen atoms in total. The van der Waals surface area contributed by atoms with Gasteiger partial charge in [0.05, 0.1) is 0 Å². The predicted octanol–water partition coefficient (Wildman–Crippen LogP) is 2.77. The monoisotopic (exact) mass is 304 g/mol. The van der Waals surface area contributed by atoms with Crippen LogP contribution < -0.4 is 5.32 Å². The highest BCUT2D eigenvalue weighted by molar-refractivity contribution is 5.87. The normalized spacial score (nSPS) is 11.8. The van der Waals surface area contributed by atoms with Crippen LogP contribution in [0.15, 0.2) is 30.3 Å². The third-order valence-electron chi connectivity index (χ3n) is 3.72. The van der Waals surface area contributed by atoms with E-state index in [9.17, 15) is 9.59 Å². The molecule has 2 amide bonds. The van der Waals surface area contributed by atoms with Crippen molar-refractivity contribution in [3.8, 4) is 0 Å². The van der Waals surface area contributed by atoms with Crippen LogP contribution in [0, 0.1) is 0 Å². The standard InChI is InChI=1S/C18H28N2O2/c1-4-13-19-18(22)16(5-2)20(17(21)6-3)14-12-15-10-8-7-9-11-15/h7-11,16H,4-6,12-14H2,1-3H3,(H,19,22)/t16-/m0/s1. The lowest BCUT2D eigenvalue weighted by atomic mass is 10.1. The number of rotatable bonds is 9. The molecule has 0 unspecified atom stereocenters. The maximum atomic E-state index is 12.3. The van der Waals surface area contributed by atoms with Gasteiger partial charge >= 0.3 is 0 Å². The van der Waals surface area contributed by atoms with Crippen molar-refractivity contribution >= 4 is 11.8 Å². The SMILES string of the molecule is CCCNC(=O)[C@H](CC)N(CCc1ccccc1)C(=O)CC. The van der Waals surface area contributed by atoms with Crippen LogP contribution in [0.25, 0.3) is 0 Å². The summed E-state index contributed by atoms with van der Waals surface area (Å²) in [6.07, 6.45) is 2.72. The van der Waals surface area contributed by atoms with E-state index in [4.69, 9.17) is 0 Å². The summed E-state index contributed by atoms with van der Waals surface area (Å²) >= 11 is 0. The summed E-state index contributed by atoms with van der Waals surface area (Å²) in [6.45, 7) is 7.05. The van der Waals surface area contributed by atoms with Gasteiger partial charge in [-0.3, -0.25) is 9.59 Å². The van der Waals surface area contributed by atoms with E-state index in [-0.39, 0.29) is 17.9 Å².